The van der Waals surface area contributed by atoms with Crippen molar-refractivity contribution in [2.45, 2.75) is 64.7 Å². The number of hydrogen-bond donors (Lipinski definition) is 1. The molecule has 1 nitrogen and oxygen atoms in total. The van der Waals surface area contributed by atoms with E-state index in [0.717, 1.165) is 36.2 Å². The number of hydrogen-bond acceptors (Lipinski definition) is 1. The molecule has 2 saturated carbocycles. The van der Waals surface area contributed by atoms with Crippen molar-refractivity contribution in [2.75, 3.05) is 0 Å². The van der Waals surface area contributed by atoms with E-state index in [-0.39, 0.29) is 0 Å². The van der Waals surface area contributed by atoms with Gasteiger partial charge >= 0.3 is 0 Å². The van der Waals surface area contributed by atoms with Gasteiger partial charge in [-0.1, -0.05) is 32.1 Å². The molecule has 0 bridgehead atoms. The molecule has 4 atom stereocenters. The summed E-state index contributed by atoms with van der Waals surface area (Å²) in [5.41, 5.74) is 6.02. The second-order valence-corrected chi connectivity index (χ2v) is 8.05. The Labute approximate surface area is 134 Å². The van der Waals surface area contributed by atoms with Crippen molar-refractivity contribution in [1.82, 2.24) is 0 Å². The van der Waals surface area contributed by atoms with Gasteiger partial charge in [0.1, 0.15) is 5.75 Å². The molecule has 1 N–H and O–H groups in total. The third-order valence-corrected chi connectivity index (χ3v) is 7.26. The summed E-state index contributed by atoms with van der Waals surface area (Å²) in [7, 11) is 0. The minimum Gasteiger partial charge on any atom is -0.508 e. The van der Waals surface area contributed by atoms with Crippen LogP contribution in [0.25, 0.3) is 0 Å². The number of fused-ring (bicyclic) bond motifs is 5. The van der Waals surface area contributed by atoms with Gasteiger partial charge in [-0.15, -0.1) is 0 Å². The van der Waals surface area contributed by atoms with Crippen LogP contribution in [0.4, 0.5) is 0 Å². The number of aryl methyl sites for hydroxylation is 2. The van der Waals surface area contributed by atoms with Crippen molar-refractivity contribution < 1.29 is 5.11 Å². The summed E-state index contributed by atoms with van der Waals surface area (Å²) in [4.78, 5) is 0. The minimum absolute atomic E-state index is 0.406. The van der Waals surface area contributed by atoms with E-state index in [2.05, 4.69) is 32.6 Å². The molecule has 0 heterocycles. The Morgan fingerprint density at radius 3 is 2.82 bits per heavy atom. The number of phenolic OH excluding ortho intramolecular Hbond substituents is 1. The number of allylic oxidation sites excluding steroid dienone is 1. The monoisotopic (exact) mass is 296 g/mol. The Balaban J connectivity index is 1.74. The van der Waals surface area contributed by atoms with Crippen molar-refractivity contribution in [3.63, 3.8) is 0 Å². The van der Waals surface area contributed by atoms with Gasteiger partial charge in [0.2, 0.25) is 0 Å². The molecule has 4 rings (SSSR count). The lowest BCUT2D eigenvalue weighted by Gasteiger charge is -2.49. The predicted molar refractivity (Wildman–Crippen MR) is 91.2 cm³/mol. The smallest absolute Gasteiger partial charge is 0.119 e. The Morgan fingerprint density at radius 1 is 1.23 bits per heavy atom. The average molecular weight is 296 g/mol. The zero-order valence-corrected chi connectivity index (χ0v) is 14.0. The van der Waals surface area contributed by atoms with E-state index in [1.807, 2.05) is 0 Å². The lowest BCUT2D eigenvalue weighted by Crippen LogP contribution is -2.40. The molecule has 0 saturated heterocycles. The van der Waals surface area contributed by atoms with Crippen molar-refractivity contribution in [1.29, 1.82) is 0 Å². The quantitative estimate of drug-likeness (QED) is 0.691. The first kappa shape index (κ1) is 14.4. The van der Waals surface area contributed by atoms with E-state index in [9.17, 15) is 5.11 Å². The van der Waals surface area contributed by atoms with Gasteiger partial charge in [0.25, 0.3) is 0 Å². The maximum atomic E-state index is 10.2. The molecule has 118 valence electrons. The number of rotatable bonds is 1. The van der Waals surface area contributed by atoms with Crippen LogP contribution in [0.3, 0.4) is 0 Å². The normalized spacial score (nSPS) is 36.6. The van der Waals surface area contributed by atoms with Crippen molar-refractivity contribution in [3.05, 3.63) is 41.0 Å². The number of phenols is 1. The van der Waals surface area contributed by atoms with Crippen LogP contribution in [-0.4, -0.2) is 5.11 Å². The van der Waals surface area contributed by atoms with Gasteiger partial charge in [-0.2, -0.15) is 0 Å². The topological polar surface area (TPSA) is 20.2 Å². The first-order valence-electron chi connectivity index (χ1n) is 9.07. The highest BCUT2D eigenvalue weighted by molar-refractivity contribution is 5.46. The van der Waals surface area contributed by atoms with Crippen LogP contribution in [0, 0.1) is 17.3 Å². The summed E-state index contributed by atoms with van der Waals surface area (Å²) in [5.74, 6) is 2.90. The zero-order valence-electron chi connectivity index (χ0n) is 14.0. The molecular weight excluding hydrogens is 268 g/mol. The maximum Gasteiger partial charge on any atom is 0.119 e. The molecule has 0 amide bonds. The van der Waals surface area contributed by atoms with Gasteiger partial charge in [-0.25, -0.2) is 0 Å². The molecular formula is C21H28O. The van der Waals surface area contributed by atoms with E-state index < -0.39 is 0 Å². The van der Waals surface area contributed by atoms with Gasteiger partial charge < -0.3 is 5.11 Å². The molecule has 3 aliphatic rings. The van der Waals surface area contributed by atoms with Crippen molar-refractivity contribution >= 4 is 0 Å². The molecule has 1 heteroatoms. The summed E-state index contributed by atoms with van der Waals surface area (Å²) in [5, 5.41) is 10.2. The molecule has 0 aliphatic heterocycles. The Hall–Kier alpha value is -1.24. The number of benzene rings is 1. The minimum atomic E-state index is 0.406. The summed E-state index contributed by atoms with van der Waals surface area (Å²) in [6, 6.07) is 4.39. The highest BCUT2D eigenvalue weighted by atomic mass is 16.3. The third kappa shape index (κ3) is 1.84. The highest BCUT2D eigenvalue weighted by Crippen LogP contribution is 2.62. The molecule has 0 aromatic heterocycles. The van der Waals surface area contributed by atoms with Crippen molar-refractivity contribution in [3.8, 4) is 5.75 Å². The Bertz CT molecular complexity index is 629. The predicted octanol–water partition coefficient (Wildman–Crippen LogP) is 5.37. The first-order valence-corrected chi connectivity index (χ1v) is 9.07. The second kappa shape index (κ2) is 4.88. The van der Waals surface area contributed by atoms with Crippen LogP contribution >= 0.6 is 0 Å². The van der Waals surface area contributed by atoms with E-state index in [4.69, 9.17) is 0 Å². The van der Waals surface area contributed by atoms with E-state index in [1.54, 1.807) is 5.56 Å². The zero-order chi connectivity index (χ0) is 15.5. The van der Waals surface area contributed by atoms with E-state index in [1.165, 1.54) is 43.2 Å². The number of aromatic hydroxyl groups is 1. The van der Waals surface area contributed by atoms with Crippen LogP contribution in [0.1, 0.15) is 68.6 Å². The second-order valence-electron chi connectivity index (χ2n) is 8.05. The summed E-state index contributed by atoms with van der Waals surface area (Å²) < 4.78 is 0. The van der Waals surface area contributed by atoms with Crippen LogP contribution in [-0.2, 0) is 12.8 Å². The van der Waals surface area contributed by atoms with Crippen LogP contribution in [0.15, 0.2) is 24.3 Å². The summed E-state index contributed by atoms with van der Waals surface area (Å²) >= 11 is 0. The lowest BCUT2D eigenvalue weighted by molar-refractivity contribution is 0.0816. The molecule has 3 aliphatic carbocycles. The first-order chi connectivity index (χ1) is 10.5. The van der Waals surface area contributed by atoms with Crippen LogP contribution < -0.4 is 0 Å². The average Bonchev–Trinajstić information content (AvgIpc) is 2.82. The molecule has 1 aromatic carbocycles. The molecule has 1 aromatic rings. The lowest BCUT2D eigenvalue weighted by atomic mass is 9.55. The Kier molecular flexibility index (Phi) is 3.18. The van der Waals surface area contributed by atoms with Gasteiger partial charge in [0.05, 0.1) is 0 Å². The van der Waals surface area contributed by atoms with E-state index in [0.29, 0.717) is 11.2 Å². The maximum absolute atomic E-state index is 10.2. The highest BCUT2D eigenvalue weighted by Gasteiger charge is 2.51. The standard InChI is InChI=1S/C21H28O/c1-4-14-11-18-15(12-20(14)22)6-7-17-16(18)9-10-21(3)13(2)5-8-19(17)21/h11-12,16-17,19,22H,2,4-10H2,1,3H3/t16?,17-,19?,21?/m1/s1. The van der Waals surface area contributed by atoms with Crippen molar-refractivity contribution in [2.24, 2.45) is 17.3 Å². The van der Waals surface area contributed by atoms with E-state index >= 15 is 0 Å². The summed E-state index contributed by atoms with van der Waals surface area (Å²) in [6.07, 6.45) is 8.58. The molecule has 22 heavy (non-hydrogen) atoms. The molecule has 0 radical (unpaired) electrons. The van der Waals surface area contributed by atoms with Gasteiger partial charge in [0.15, 0.2) is 0 Å². The summed E-state index contributed by atoms with van der Waals surface area (Å²) in [6.45, 7) is 9.02. The fourth-order valence-electron chi connectivity index (χ4n) is 5.85. The largest absolute Gasteiger partial charge is 0.508 e. The molecule has 2 fully saturated rings. The SMILES string of the molecule is C=C1CCC2[C@@H]3CCc4cc(O)c(CC)cc4C3CCC12C. The van der Waals surface area contributed by atoms with Gasteiger partial charge in [-0.3, -0.25) is 0 Å². The van der Waals surface area contributed by atoms with Gasteiger partial charge in [0, 0.05) is 0 Å². The molecule has 0 spiro atoms. The third-order valence-electron chi connectivity index (χ3n) is 7.26. The fourth-order valence-corrected chi connectivity index (χ4v) is 5.85. The fraction of sp³-hybridized carbons (Fsp3) is 0.619. The van der Waals surface area contributed by atoms with Crippen LogP contribution in [0.5, 0.6) is 5.75 Å². The molecule has 3 unspecified atom stereocenters. The van der Waals surface area contributed by atoms with Crippen LogP contribution in [0.2, 0.25) is 0 Å². The van der Waals surface area contributed by atoms with Gasteiger partial charge in [-0.05, 0) is 90.9 Å². The Morgan fingerprint density at radius 2 is 2.05 bits per heavy atom.